The van der Waals surface area contributed by atoms with Crippen molar-refractivity contribution in [2.75, 3.05) is 0 Å². The highest BCUT2D eigenvalue weighted by Crippen LogP contribution is 2.22. The van der Waals surface area contributed by atoms with Crippen LogP contribution in [0.5, 0.6) is 0 Å². The van der Waals surface area contributed by atoms with Crippen molar-refractivity contribution in [3.8, 4) is 0 Å². The normalized spacial score (nSPS) is 16.5. The Hall–Kier alpha value is -1.11. The van der Waals surface area contributed by atoms with Gasteiger partial charge in [0, 0.05) is 11.6 Å². The van der Waals surface area contributed by atoms with Gasteiger partial charge < -0.3 is 5.32 Å². The van der Waals surface area contributed by atoms with Crippen LogP contribution in [0.15, 0.2) is 23.1 Å². The maximum absolute atomic E-state index is 12.0. The number of hydrogen-bond donors (Lipinski definition) is 2. The van der Waals surface area contributed by atoms with E-state index in [9.17, 15) is 13.2 Å². The number of amides is 1. The third kappa shape index (κ3) is 3.46. The van der Waals surface area contributed by atoms with Gasteiger partial charge in [0.15, 0.2) is 0 Å². The number of sulfonamides is 1. The molecule has 0 radical (unpaired) electrons. The van der Waals surface area contributed by atoms with E-state index < -0.39 is 10.0 Å². The SMILES string of the molecule is NS(=O)(=O)c1cc(C(=O)NC2CCCC2)ccc1Cl. The first-order chi connectivity index (χ1) is 8.88. The highest BCUT2D eigenvalue weighted by Gasteiger charge is 2.20. The van der Waals surface area contributed by atoms with E-state index in [1.807, 2.05) is 0 Å². The lowest BCUT2D eigenvalue weighted by Crippen LogP contribution is -2.32. The molecule has 0 unspecified atom stereocenters. The van der Waals surface area contributed by atoms with E-state index in [0.717, 1.165) is 25.7 Å². The molecule has 0 heterocycles. The van der Waals surface area contributed by atoms with Crippen LogP contribution in [0.25, 0.3) is 0 Å². The number of rotatable bonds is 3. The molecule has 0 saturated heterocycles. The molecular weight excluding hydrogens is 288 g/mol. The molecule has 3 N–H and O–H groups in total. The second kappa shape index (κ2) is 5.48. The fourth-order valence-electron chi connectivity index (χ4n) is 2.20. The molecule has 0 aliphatic heterocycles. The summed E-state index contributed by atoms with van der Waals surface area (Å²) in [6, 6.07) is 4.23. The zero-order valence-electron chi connectivity index (χ0n) is 10.2. The minimum Gasteiger partial charge on any atom is -0.349 e. The molecule has 19 heavy (non-hydrogen) atoms. The van der Waals surface area contributed by atoms with Crippen molar-refractivity contribution in [1.29, 1.82) is 0 Å². The molecule has 1 amide bonds. The molecule has 0 atom stereocenters. The van der Waals surface area contributed by atoms with Crippen LogP contribution in [0.3, 0.4) is 0 Å². The lowest BCUT2D eigenvalue weighted by atomic mass is 10.2. The van der Waals surface area contributed by atoms with Crippen LogP contribution in [0.4, 0.5) is 0 Å². The maximum atomic E-state index is 12.0. The molecule has 0 bridgehead atoms. The quantitative estimate of drug-likeness (QED) is 0.890. The summed E-state index contributed by atoms with van der Waals surface area (Å²) in [6.45, 7) is 0. The Morgan fingerprint density at radius 3 is 2.53 bits per heavy atom. The molecule has 7 heteroatoms. The van der Waals surface area contributed by atoms with Crippen LogP contribution in [0, 0.1) is 0 Å². The van der Waals surface area contributed by atoms with E-state index in [1.54, 1.807) is 0 Å². The second-order valence-electron chi connectivity index (χ2n) is 4.65. The van der Waals surface area contributed by atoms with Crippen molar-refractivity contribution in [1.82, 2.24) is 5.32 Å². The Kier molecular flexibility index (Phi) is 4.13. The van der Waals surface area contributed by atoms with E-state index >= 15 is 0 Å². The predicted molar refractivity (Wildman–Crippen MR) is 72.5 cm³/mol. The van der Waals surface area contributed by atoms with E-state index in [2.05, 4.69) is 5.32 Å². The van der Waals surface area contributed by atoms with E-state index in [1.165, 1.54) is 18.2 Å². The number of carbonyl (C=O) groups excluding carboxylic acids is 1. The van der Waals surface area contributed by atoms with Crippen LogP contribution in [-0.4, -0.2) is 20.4 Å². The molecule has 1 saturated carbocycles. The van der Waals surface area contributed by atoms with Crippen molar-refractivity contribution in [2.24, 2.45) is 5.14 Å². The Bertz CT molecular complexity index is 595. The number of benzene rings is 1. The number of nitrogens with one attached hydrogen (secondary N) is 1. The van der Waals surface area contributed by atoms with Crippen LogP contribution in [-0.2, 0) is 10.0 Å². The van der Waals surface area contributed by atoms with Crippen molar-refractivity contribution < 1.29 is 13.2 Å². The molecule has 1 aromatic rings. The van der Waals surface area contributed by atoms with E-state index in [-0.39, 0.29) is 27.4 Å². The van der Waals surface area contributed by atoms with Crippen molar-refractivity contribution in [2.45, 2.75) is 36.6 Å². The zero-order valence-corrected chi connectivity index (χ0v) is 11.8. The number of nitrogens with two attached hydrogens (primary N) is 1. The van der Waals surface area contributed by atoms with E-state index in [4.69, 9.17) is 16.7 Å². The second-order valence-corrected chi connectivity index (χ2v) is 6.58. The summed E-state index contributed by atoms with van der Waals surface area (Å²) >= 11 is 5.76. The Labute approximate surface area is 117 Å². The molecule has 0 spiro atoms. The molecule has 2 rings (SSSR count). The van der Waals surface area contributed by atoms with Gasteiger partial charge in [-0.05, 0) is 31.0 Å². The average Bonchev–Trinajstić information content (AvgIpc) is 2.80. The van der Waals surface area contributed by atoms with Gasteiger partial charge in [0.2, 0.25) is 10.0 Å². The third-order valence-corrected chi connectivity index (χ3v) is 4.58. The zero-order chi connectivity index (χ0) is 14.0. The van der Waals surface area contributed by atoms with Crippen LogP contribution < -0.4 is 10.5 Å². The molecule has 1 aliphatic rings. The first-order valence-electron chi connectivity index (χ1n) is 6.01. The van der Waals surface area contributed by atoms with Gasteiger partial charge in [-0.1, -0.05) is 24.4 Å². The summed E-state index contributed by atoms with van der Waals surface area (Å²) in [4.78, 5) is 11.8. The van der Waals surface area contributed by atoms with Gasteiger partial charge in [-0.2, -0.15) is 0 Å². The van der Waals surface area contributed by atoms with Crippen molar-refractivity contribution in [3.63, 3.8) is 0 Å². The van der Waals surface area contributed by atoms with Crippen LogP contribution in [0.1, 0.15) is 36.0 Å². The van der Waals surface area contributed by atoms with Gasteiger partial charge in [0.05, 0.1) is 5.02 Å². The summed E-state index contributed by atoms with van der Waals surface area (Å²) in [5.41, 5.74) is 0.250. The molecule has 1 aliphatic carbocycles. The van der Waals surface area contributed by atoms with Gasteiger partial charge in [-0.3, -0.25) is 4.79 Å². The highest BCUT2D eigenvalue weighted by atomic mass is 35.5. The fourth-order valence-corrected chi connectivity index (χ4v) is 3.27. The summed E-state index contributed by atoms with van der Waals surface area (Å²) in [7, 11) is -3.93. The van der Waals surface area contributed by atoms with Crippen molar-refractivity contribution in [3.05, 3.63) is 28.8 Å². The summed E-state index contributed by atoms with van der Waals surface area (Å²) in [5, 5.41) is 7.94. The van der Waals surface area contributed by atoms with E-state index in [0.29, 0.717) is 0 Å². The van der Waals surface area contributed by atoms with Gasteiger partial charge in [0.1, 0.15) is 4.90 Å². The first-order valence-corrected chi connectivity index (χ1v) is 7.93. The minimum absolute atomic E-state index is 0.0138. The number of primary sulfonamides is 1. The Balaban J connectivity index is 2.23. The van der Waals surface area contributed by atoms with Gasteiger partial charge in [-0.25, -0.2) is 13.6 Å². The monoisotopic (exact) mass is 302 g/mol. The minimum atomic E-state index is -3.93. The van der Waals surface area contributed by atoms with Gasteiger partial charge in [-0.15, -0.1) is 0 Å². The largest absolute Gasteiger partial charge is 0.349 e. The number of hydrogen-bond acceptors (Lipinski definition) is 3. The first kappa shape index (κ1) is 14.3. The highest BCUT2D eigenvalue weighted by molar-refractivity contribution is 7.89. The molecule has 104 valence electrons. The number of carbonyl (C=O) groups is 1. The molecule has 1 fully saturated rings. The van der Waals surface area contributed by atoms with Gasteiger partial charge >= 0.3 is 0 Å². The lowest BCUT2D eigenvalue weighted by Gasteiger charge is -2.12. The fraction of sp³-hybridized carbons (Fsp3) is 0.417. The van der Waals surface area contributed by atoms with Crippen LogP contribution in [0.2, 0.25) is 5.02 Å². The Morgan fingerprint density at radius 2 is 1.95 bits per heavy atom. The molecule has 0 aromatic heterocycles. The van der Waals surface area contributed by atoms with Crippen molar-refractivity contribution >= 4 is 27.5 Å². The predicted octanol–water partition coefficient (Wildman–Crippen LogP) is 1.66. The molecule has 1 aromatic carbocycles. The summed E-state index contributed by atoms with van der Waals surface area (Å²) in [6.07, 6.45) is 4.13. The summed E-state index contributed by atoms with van der Waals surface area (Å²) in [5.74, 6) is -0.298. The maximum Gasteiger partial charge on any atom is 0.251 e. The smallest absolute Gasteiger partial charge is 0.251 e. The lowest BCUT2D eigenvalue weighted by molar-refractivity contribution is 0.0937. The topological polar surface area (TPSA) is 89.3 Å². The third-order valence-electron chi connectivity index (χ3n) is 3.19. The number of halogens is 1. The molecule has 5 nitrogen and oxygen atoms in total. The average molecular weight is 303 g/mol. The molecular formula is C12H15ClN2O3S. The standard InChI is InChI=1S/C12H15ClN2O3S/c13-10-6-5-8(7-11(10)19(14,17)18)12(16)15-9-3-1-2-4-9/h5-7,9H,1-4H2,(H,15,16)(H2,14,17,18). The van der Waals surface area contributed by atoms with Crippen LogP contribution >= 0.6 is 11.6 Å². The Morgan fingerprint density at radius 1 is 1.32 bits per heavy atom. The van der Waals surface area contributed by atoms with Gasteiger partial charge in [0.25, 0.3) is 5.91 Å². The summed E-state index contributed by atoms with van der Waals surface area (Å²) < 4.78 is 22.7.